The predicted octanol–water partition coefficient (Wildman–Crippen LogP) is 0.635. The number of ether oxygens (including phenoxy) is 2. The number of aliphatic hydroxyl groups is 1. The molecule has 1 saturated carbocycles. The number of rotatable bonds is 3. The summed E-state index contributed by atoms with van der Waals surface area (Å²) in [5, 5.41) is 12.1. The molecule has 2 aliphatic heterocycles. The van der Waals surface area contributed by atoms with Crippen molar-refractivity contribution in [1.29, 1.82) is 0 Å². The third kappa shape index (κ3) is 5.67. The van der Waals surface area contributed by atoms with Crippen LogP contribution in [-0.4, -0.2) is 94.9 Å². The fourth-order valence-corrected chi connectivity index (χ4v) is 9.23. The van der Waals surface area contributed by atoms with Gasteiger partial charge in [0, 0.05) is 19.2 Å². The van der Waals surface area contributed by atoms with Gasteiger partial charge in [0.25, 0.3) is 5.56 Å². The van der Waals surface area contributed by atoms with E-state index in [1.807, 2.05) is 0 Å². The van der Waals surface area contributed by atoms with Crippen LogP contribution in [0.2, 0.25) is 0 Å². The summed E-state index contributed by atoms with van der Waals surface area (Å²) in [6.45, 7) is -8.91. The van der Waals surface area contributed by atoms with Gasteiger partial charge in [-0.2, -0.15) is 4.98 Å². The zero-order valence-corrected chi connectivity index (χ0v) is 27.3. The van der Waals surface area contributed by atoms with Crippen molar-refractivity contribution in [3.05, 3.63) is 35.3 Å². The summed E-state index contributed by atoms with van der Waals surface area (Å²) < 4.78 is 51.9. The van der Waals surface area contributed by atoms with Gasteiger partial charge in [-0.1, -0.05) is 12.2 Å². The standard InChI is InChI=1S/C23H29N9O10P2S2/c1-37-16-12-6-39-44(36,46)41-15-9(4-11(14(15)33)31-3-2-10-18(24)26-7-27-19(10)31)5-38-43(35,45)42-17(16)22(40-12)32-8-28-13-20(32)29-23(25)30-21(13)34/h2-3,7-9,11-12,14-17,22,33H,4-6H2,1H3,(H,35,45)(H,36,46)(H2,24,26,27)(H3,25,29,30,34)/t9-,11-,12-,14+,15-,16-,17-,22-,43?,44?/m1/s1. The van der Waals surface area contributed by atoms with Crippen molar-refractivity contribution in [3.63, 3.8) is 0 Å². The summed E-state index contributed by atoms with van der Waals surface area (Å²) in [4.78, 5) is 42.7. The van der Waals surface area contributed by atoms with E-state index in [0.717, 1.165) is 0 Å². The molecule has 2 bridgehead atoms. The number of hydrogen-bond acceptors (Lipinski definition) is 16. The molecule has 2 unspecified atom stereocenters. The van der Waals surface area contributed by atoms with Crippen LogP contribution in [0, 0.1) is 5.92 Å². The van der Waals surface area contributed by atoms with Crippen LogP contribution in [0.3, 0.4) is 0 Å². The highest BCUT2D eigenvalue weighted by atomic mass is 32.7. The highest BCUT2D eigenvalue weighted by Gasteiger charge is 2.53. The van der Waals surface area contributed by atoms with Gasteiger partial charge in [0.2, 0.25) is 5.95 Å². The average molecular weight is 718 g/mol. The first kappa shape index (κ1) is 32.0. The molecule has 7 N–H and O–H groups in total. The van der Waals surface area contributed by atoms with Gasteiger partial charge >= 0.3 is 13.5 Å². The van der Waals surface area contributed by atoms with Crippen molar-refractivity contribution < 1.29 is 42.1 Å². The number of H-pyrrole nitrogens is 1. The average Bonchev–Trinajstić information content (AvgIpc) is 3.75. The number of hydrogen-bond donors (Lipinski definition) is 6. The summed E-state index contributed by atoms with van der Waals surface area (Å²) in [5.74, 6) is -0.568. The fourth-order valence-electron chi connectivity index (χ4n) is 6.25. The largest absolute Gasteiger partial charge is 0.388 e. The van der Waals surface area contributed by atoms with E-state index < -0.39 is 67.8 Å². The number of nitrogens with zero attached hydrogens (tertiary/aromatic N) is 6. The molecular weight excluding hydrogens is 688 g/mol. The maximum atomic E-state index is 13.6. The second-order valence-electron chi connectivity index (χ2n) is 11.0. The molecule has 3 aliphatic rings. The Kier molecular flexibility index (Phi) is 8.27. The molecule has 0 spiro atoms. The van der Waals surface area contributed by atoms with E-state index in [4.69, 9.17) is 50.8 Å². The Bertz CT molecular complexity index is 1960. The Labute approximate surface area is 269 Å². The lowest BCUT2D eigenvalue weighted by Crippen LogP contribution is -2.37. The highest BCUT2D eigenvalue weighted by Crippen LogP contribution is 2.59. The molecule has 0 amide bonds. The third-order valence-corrected chi connectivity index (χ3v) is 11.5. The van der Waals surface area contributed by atoms with Crippen molar-refractivity contribution in [1.82, 2.24) is 34.1 Å². The molecule has 19 nitrogen and oxygen atoms in total. The molecular formula is C23H29N9O10P2S2. The lowest BCUT2D eigenvalue weighted by atomic mass is 10.1. The Hall–Kier alpha value is -2.52. The van der Waals surface area contributed by atoms with E-state index in [0.29, 0.717) is 11.0 Å². The summed E-state index contributed by atoms with van der Waals surface area (Å²) in [6.07, 6.45) is -2.11. The molecule has 0 aromatic carbocycles. The van der Waals surface area contributed by atoms with Crippen LogP contribution in [0.5, 0.6) is 0 Å². The van der Waals surface area contributed by atoms with Crippen LogP contribution in [0.25, 0.3) is 22.2 Å². The topological polar surface area (TPSA) is 259 Å². The molecule has 10 atom stereocenters. The molecule has 23 heteroatoms. The molecule has 3 fully saturated rings. The minimum Gasteiger partial charge on any atom is -0.388 e. The second kappa shape index (κ2) is 11.9. The van der Waals surface area contributed by atoms with E-state index >= 15 is 0 Å². The zero-order valence-electron chi connectivity index (χ0n) is 23.8. The Morgan fingerprint density at radius 2 is 1.96 bits per heavy atom. The maximum absolute atomic E-state index is 13.6. The van der Waals surface area contributed by atoms with Gasteiger partial charge < -0.3 is 40.0 Å². The van der Waals surface area contributed by atoms with Crippen molar-refractivity contribution in [2.75, 3.05) is 31.8 Å². The quantitative estimate of drug-likeness (QED) is 0.125. The van der Waals surface area contributed by atoms with Gasteiger partial charge in [0.15, 0.2) is 17.4 Å². The summed E-state index contributed by atoms with van der Waals surface area (Å²) in [5.41, 5.74) is 11.7. The normalized spacial score (nSPS) is 37.1. The molecule has 4 aromatic rings. The number of thiol groups is 1. The van der Waals surface area contributed by atoms with Crippen LogP contribution in [0.15, 0.2) is 29.7 Å². The van der Waals surface area contributed by atoms with E-state index in [9.17, 15) is 19.4 Å². The summed E-state index contributed by atoms with van der Waals surface area (Å²) in [7, 11) is 1.37. The first-order valence-electron chi connectivity index (χ1n) is 13.8. The number of fused-ring (bicyclic) bond motifs is 5. The monoisotopic (exact) mass is 717 g/mol. The number of nitrogens with two attached hydrogens (primary N) is 2. The lowest BCUT2D eigenvalue weighted by Gasteiger charge is -2.28. The molecule has 7 rings (SSSR count). The first-order valence-corrected chi connectivity index (χ1v) is 19.1. The van der Waals surface area contributed by atoms with Gasteiger partial charge in [-0.05, 0) is 24.3 Å². The van der Waals surface area contributed by atoms with Crippen LogP contribution in [0.1, 0.15) is 18.7 Å². The van der Waals surface area contributed by atoms with Crippen LogP contribution in [-0.2, 0) is 43.9 Å². The number of aromatic nitrogens is 7. The van der Waals surface area contributed by atoms with E-state index in [1.54, 1.807) is 16.8 Å². The minimum absolute atomic E-state index is 0.0300. The number of methoxy groups -OCH3 is 1. The molecule has 6 heterocycles. The maximum Gasteiger partial charge on any atom is 0.386 e. The number of aliphatic hydroxyl groups excluding tert-OH is 1. The van der Waals surface area contributed by atoms with Crippen LogP contribution in [0.4, 0.5) is 11.8 Å². The molecule has 46 heavy (non-hydrogen) atoms. The molecule has 4 aromatic heterocycles. The third-order valence-electron chi connectivity index (χ3n) is 8.28. The van der Waals surface area contributed by atoms with Crippen molar-refractivity contribution in [3.8, 4) is 0 Å². The van der Waals surface area contributed by atoms with Gasteiger partial charge in [-0.25, -0.2) is 19.5 Å². The van der Waals surface area contributed by atoms with E-state index in [-0.39, 0.29) is 42.6 Å². The fraction of sp³-hybridized carbons (Fsp3) is 0.522. The number of nitrogen functional groups attached to an aromatic ring is 2. The zero-order chi connectivity index (χ0) is 32.5. The number of aromatic amines is 1. The van der Waals surface area contributed by atoms with Crippen LogP contribution < -0.4 is 17.0 Å². The smallest absolute Gasteiger partial charge is 0.386 e. The molecule has 1 aliphatic carbocycles. The minimum atomic E-state index is -4.18. The van der Waals surface area contributed by atoms with Crippen molar-refractivity contribution >= 4 is 71.5 Å². The highest BCUT2D eigenvalue weighted by molar-refractivity contribution is 8.44. The van der Waals surface area contributed by atoms with Gasteiger partial charge in [-0.3, -0.25) is 27.9 Å². The van der Waals surface area contributed by atoms with Gasteiger partial charge in [0.1, 0.15) is 48.3 Å². The van der Waals surface area contributed by atoms with E-state index in [2.05, 4.69) is 37.2 Å². The number of imidazole rings is 1. The van der Waals surface area contributed by atoms with Crippen molar-refractivity contribution in [2.24, 2.45) is 5.92 Å². The predicted molar refractivity (Wildman–Crippen MR) is 167 cm³/mol. The van der Waals surface area contributed by atoms with Crippen molar-refractivity contribution in [2.45, 2.75) is 49.2 Å². The summed E-state index contributed by atoms with van der Waals surface area (Å²) in [6, 6.07) is 1.09. The second-order valence-corrected chi connectivity index (χ2v) is 16.6. The van der Waals surface area contributed by atoms with E-state index in [1.165, 1.54) is 24.3 Å². The lowest BCUT2D eigenvalue weighted by molar-refractivity contribution is -0.0548. The first-order chi connectivity index (χ1) is 21.9. The SMILES string of the molecule is CO[C@H]1[C@H]2OP(O)(=S)OC[C@H]3C[C@@H](n4ccc5c(N)ncnc54)[C@H](O)[C@@H]3OP(=O)(S)OC[C@H]1O[C@H]2n1cnc2c(=O)[nH]c(N)nc21. The van der Waals surface area contributed by atoms with Gasteiger partial charge in [-0.15, -0.1) is 0 Å². The summed E-state index contributed by atoms with van der Waals surface area (Å²) >= 11 is 9.61. The van der Waals surface area contributed by atoms with Gasteiger partial charge in [0.05, 0.1) is 31.0 Å². The van der Waals surface area contributed by atoms with Crippen LogP contribution >= 0.6 is 25.8 Å². The Morgan fingerprint density at radius 1 is 1.15 bits per heavy atom. The number of nitrogens with one attached hydrogen (secondary N) is 1. The molecule has 0 radical (unpaired) electrons. The Balaban J connectivity index is 1.22. The number of anilines is 2. The Morgan fingerprint density at radius 3 is 2.74 bits per heavy atom. The molecule has 248 valence electrons. The molecule has 2 saturated heterocycles.